The summed E-state index contributed by atoms with van der Waals surface area (Å²) in [4.78, 5) is 27.3. The SMILES string of the molecule is COc1ccc([C@H]2C(C(=O)OC3CCCCC3)=C(C)NC3=C2C(=O)C[C@H](c2ccccc2)C3)cc1. The van der Waals surface area contributed by atoms with Gasteiger partial charge in [-0.1, -0.05) is 48.9 Å². The first kappa shape index (κ1) is 23.4. The molecular weight excluding hydrogens is 438 g/mol. The highest BCUT2D eigenvalue weighted by molar-refractivity contribution is 6.04. The zero-order valence-corrected chi connectivity index (χ0v) is 20.5. The lowest BCUT2D eigenvalue weighted by Crippen LogP contribution is -2.37. The van der Waals surface area contributed by atoms with E-state index < -0.39 is 5.92 Å². The van der Waals surface area contributed by atoms with Gasteiger partial charge >= 0.3 is 5.97 Å². The third-order valence-corrected chi connectivity index (χ3v) is 7.59. The number of methoxy groups -OCH3 is 1. The number of carbonyl (C=O) groups is 2. The zero-order chi connectivity index (χ0) is 24.4. The van der Waals surface area contributed by atoms with Crippen LogP contribution in [0.15, 0.2) is 77.1 Å². The number of ether oxygens (including phenoxy) is 2. The zero-order valence-electron chi connectivity index (χ0n) is 20.5. The van der Waals surface area contributed by atoms with Crippen molar-refractivity contribution in [2.75, 3.05) is 7.11 Å². The number of dihydropyridines is 1. The summed E-state index contributed by atoms with van der Waals surface area (Å²) in [6.07, 6.45) is 6.30. The van der Waals surface area contributed by atoms with Gasteiger partial charge in [0.05, 0.1) is 12.7 Å². The van der Waals surface area contributed by atoms with Gasteiger partial charge in [0.2, 0.25) is 0 Å². The highest BCUT2D eigenvalue weighted by Gasteiger charge is 2.41. The Morgan fingerprint density at radius 1 is 0.914 bits per heavy atom. The summed E-state index contributed by atoms with van der Waals surface area (Å²) < 4.78 is 11.4. The molecule has 3 aliphatic rings. The molecule has 0 saturated heterocycles. The van der Waals surface area contributed by atoms with Gasteiger partial charge in [-0.05, 0) is 68.2 Å². The number of rotatable bonds is 5. The van der Waals surface area contributed by atoms with E-state index in [2.05, 4.69) is 17.4 Å². The molecule has 2 atom stereocenters. The van der Waals surface area contributed by atoms with Crippen molar-refractivity contribution in [2.24, 2.45) is 0 Å². The van der Waals surface area contributed by atoms with Gasteiger partial charge in [-0.25, -0.2) is 4.79 Å². The number of Topliss-reactive ketones (excluding diaryl/α,β-unsaturated/α-hetero) is 1. The molecule has 0 bridgehead atoms. The maximum Gasteiger partial charge on any atom is 0.337 e. The van der Waals surface area contributed by atoms with Crippen LogP contribution in [0.5, 0.6) is 5.75 Å². The first-order chi connectivity index (χ1) is 17.0. The minimum atomic E-state index is -0.447. The fourth-order valence-electron chi connectivity index (χ4n) is 5.80. The Balaban J connectivity index is 1.52. The van der Waals surface area contributed by atoms with Crippen molar-refractivity contribution >= 4 is 11.8 Å². The molecule has 5 nitrogen and oxygen atoms in total. The van der Waals surface area contributed by atoms with Gasteiger partial charge in [0.25, 0.3) is 0 Å². The van der Waals surface area contributed by atoms with Crippen LogP contribution in [0.2, 0.25) is 0 Å². The molecule has 1 aliphatic heterocycles. The molecule has 0 unspecified atom stereocenters. The molecule has 5 heteroatoms. The first-order valence-electron chi connectivity index (χ1n) is 12.7. The second kappa shape index (κ2) is 10.1. The van der Waals surface area contributed by atoms with Crippen molar-refractivity contribution in [2.45, 2.75) is 69.8 Å². The molecule has 0 spiro atoms. The summed E-state index contributed by atoms with van der Waals surface area (Å²) in [6, 6.07) is 17.9. The third kappa shape index (κ3) is 4.77. The van der Waals surface area contributed by atoms with E-state index in [9.17, 15) is 9.59 Å². The predicted octanol–water partition coefficient (Wildman–Crippen LogP) is 5.93. The smallest absolute Gasteiger partial charge is 0.337 e. The summed E-state index contributed by atoms with van der Waals surface area (Å²) in [7, 11) is 1.63. The Hall–Kier alpha value is -3.34. The van der Waals surface area contributed by atoms with Crippen molar-refractivity contribution in [3.63, 3.8) is 0 Å². The molecule has 2 aromatic rings. The molecule has 182 valence electrons. The molecule has 0 amide bonds. The minimum Gasteiger partial charge on any atom is -0.497 e. The predicted molar refractivity (Wildman–Crippen MR) is 135 cm³/mol. The van der Waals surface area contributed by atoms with Crippen molar-refractivity contribution < 1.29 is 19.1 Å². The van der Waals surface area contributed by atoms with Crippen LogP contribution < -0.4 is 10.1 Å². The van der Waals surface area contributed by atoms with E-state index >= 15 is 0 Å². The lowest BCUT2D eigenvalue weighted by molar-refractivity contribution is -0.146. The number of esters is 1. The summed E-state index contributed by atoms with van der Waals surface area (Å²) in [5, 5.41) is 3.45. The molecule has 0 aromatic heterocycles. The van der Waals surface area contributed by atoms with Crippen LogP contribution in [0, 0.1) is 0 Å². The van der Waals surface area contributed by atoms with Gasteiger partial charge in [0.15, 0.2) is 5.78 Å². The first-order valence-corrected chi connectivity index (χ1v) is 12.7. The molecule has 35 heavy (non-hydrogen) atoms. The van der Waals surface area contributed by atoms with Gasteiger partial charge in [-0.2, -0.15) is 0 Å². The normalized spacial score (nSPS) is 23.0. The van der Waals surface area contributed by atoms with E-state index in [1.807, 2.05) is 49.4 Å². The molecule has 1 fully saturated rings. The van der Waals surface area contributed by atoms with Crippen molar-refractivity contribution in [3.8, 4) is 5.75 Å². The number of nitrogens with one attached hydrogen (secondary N) is 1. The lowest BCUT2D eigenvalue weighted by atomic mass is 9.71. The van der Waals surface area contributed by atoms with Gasteiger partial charge in [-0.15, -0.1) is 0 Å². The fourth-order valence-corrected chi connectivity index (χ4v) is 5.80. The van der Waals surface area contributed by atoms with E-state index in [-0.39, 0.29) is 23.8 Å². The molecular formula is C30H33NO4. The Morgan fingerprint density at radius 2 is 1.63 bits per heavy atom. The molecule has 0 radical (unpaired) electrons. The van der Waals surface area contributed by atoms with Crippen LogP contribution in [0.25, 0.3) is 0 Å². The highest BCUT2D eigenvalue weighted by atomic mass is 16.5. The summed E-state index contributed by atoms with van der Waals surface area (Å²) in [6.45, 7) is 1.92. The van der Waals surface area contributed by atoms with E-state index in [0.29, 0.717) is 17.6 Å². The van der Waals surface area contributed by atoms with Gasteiger partial charge in [-0.3, -0.25) is 4.79 Å². The van der Waals surface area contributed by atoms with E-state index in [0.717, 1.165) is 54.8 Å². The van der Waals surface area contributed by atoms with Crippen LogP contribution in [0.1, 0.15) is 74.8 Å². The lowest BCUT2D eigenvalue weighted by Gasteiger charge is -2.37. The van der Waals surface area contributed by atoms with Crippen LogP contribution in [0.4, 0.5) is 0 Å². The number of benzene rings is 2. The van der Waals surface area contributed by atoms with E-state index in [1.165, 1.54) is 12.0 Å². The second-order valence-electron chi connectivity index (χ2n) is 9.87. The summed E-state index contributed by atoms with van der Waals surface area (Å²) in [5.41, 5.74) is 5.00. The second-order valence-corrected chi connectivity index (χ2v) is 9.87. The standard InChI is InChI=1S/C30H33NO4/c1-19-27(30(33)35-24-11-7-4-8-12-24)28(21-13-15-23(34-2)16-14-21)29-25(31-19)17-22(18-26(29)32)20-9-5-3-6-10-20/h3,5-6,9-10,13-16,22,24,28,31H,4,7-8,11-12,17-18H2,1-2H3/t22-,28+/m1/s1. The fraction of sp³-hybridized carbons (Fsp3) is 0.400. The highest BCUT2D eigenvalue weighted by Crippen LogP contribution is 2.46. The number of allylic oxidation sites excluding steroid dienone is 3. The van der Waals surface area contributed by atoms with Crippen LogP contribution in [-0.2, 0) is 14.3 Å². The maximum atomic E-state index is 13.7. The van der Waals surface area contributed by atoms with E-state index in [4.69, 9.17) is 9.47 Å². The Morgan fingerprint density at radius 3 is 2.31 bits per heavy atom. The minimum absolute atomic E-state index is 0.0482. The number of hydrogen-bond donors (Lipinski definition) is 1. The Kier molecular flexibility index (Phi) is 6.76. The quantitative estimate of drug-likeness (QED) is 0.548. The van der Waals surface area contributed by atoms with Crippen LogP contribution >= 0.6 is 0 Å². The molecule has 1 N–H and O–H groups in total. The van der Waals surface area contributed by atoms with Crippen LogP contribution in [-0.4, -0.2) is 25.0 Å². The average molecular weight is 472 g/mol. The largest absolute Gasteiger partial charge is 0.497 e. The van der Waals surface area contributed by atoms with Gasteiger partial charge in [0.1, 0.15) is 11.9 Å². The van der Waals surface area contributed by atoms with E-state index in [1.54, 1.807) is 7.11 Å². The third-order valence-electron chi connectivity index (χ3n) is 7.59. The molecule has 5 rings (SSSR count). The topological polar surface area (TPSA) is 64.6 Å². The van der Waals surface area contributed by atoms with Crippen molar-refractivity contribution in [1.82, 2.24) is 5.32 Å². The number of hydrogen-bond acceptors (Lipinski definition) is 5. The van der Waals surface area contributed by atoms with Gasteiger partial charge in [0, 0.05) is 29.3 Å². The Labute approximate surface area is 207 Å². The molecule has 2 aliphatic carbocycles. The van der Waals surface area contributed by atoms with Gasteiger partial charge < -0.3 is 14.8 Å². The summed E-state index contributed by atoms with van der Waals surface area (Å²) in [5.74, 6) is 0.187. The molecule has 1 heterocycles. The Bertz CT molecular complexity index is 1160. The van der Waals surface area contributed by atoms with Crippen molar-refractivity contribution in [3.05, 3.63) is 88.3 Å². The average Bonchev–Trinajstić information content (AvgIpc) is 2.89. The molecule has 1 saturated carbocycles. The summed E-state index contributed by atoms with van der Waals surface area (Å²) >= 11 is 0. The number of ketones is 1. The monoisotopic (exact) mass is 471 g/mol. The van der Waals surface area contributed by atoms with Crippen molar-refractivity contribution in [1.29, 1.82) is 0 Å². The van der Waals surface area contributed by atoms with Crippen LogP contribution in [0.3, 0.4) is 0 Å². The maximum absolute atomic E-state index is 13.7. The number of carbonyl (C=O) groups excluding carboxylic acids is 2. The molecule has 2 aromatic carbocycles.